The van der Waals surface area contributed by atoms with Gasteiger partial charge in [-0.2, -0.15) is 5.10 Å². The Labute approximate surface area is 232 Å². The number of ether oxygens (including phenoxy) is 1. The molecule has 0 radical (unpaired) electrons. The Bertz CT molecular complexity index is 1150. The van der Waals surface area contributed by atoms with Crippen molar-refractivity contribution in [3.63, 3.8) is 0 Å². The number of amides is 2. The number of nitrogens with one attached hydrogen (secondary N) is 1. The van der Waals surface area contributed by atoms with E-state index in [0.29, 0.717) is 31.7 Å². The van der Waals surface area contributed by atoms with Crippen LogP contribution >= 0.6 is 0 Å². The van der Waals surface area contributed by atoms with Crippen molar-refractivity contribution in [2.45, 2.75) is 83.7 Å². The van der Waals surface area contributed by atoms with Crippen molar-refractivity contribution in [2.24, 2.45) is 16.9 Å². The van der Waals surface area contributed by atoms with Gasteiger partial charge in [-0.15, -0.1) is 0 Å². The Morgan fingerprint density at radius 2 is 1.69 bits per heavy atom. The molecule has 2 aromatic rings. The van der Waals surface area contributed by atoms with Gasteiger partial charge in [-0.1, -0.05) is 68.4 Å². The first-order valence-corrected chi connectivity index (χ1v) is 14.2. The van der Waals surface area contributed by atoms with E-state index in [2.05, 4.69) is 24.3 Å². The predicted octanol–water partition coefficient (Wildman–Crippen LogP) is 5.58. The summed E-state index contributed by atoms with van der Waals surface area (Å²) in [6, 6.07) is 18.2. The van der Waals surface area contributed by atoms with E-state index in [1.54, 1.807) is 5.01 Å². The molecular weight excluding hydrogens is 490 g/mol. The van der Waals surface area contributed by atoms with Crippen molar-refractivity contribution < 1.29 is 19.1 Å². The van der Waals surface area contributed by atoms with Crippen molar-refractivity contribution in [2.75, 3.05) is 7.11 Å². The van der Waals surface area contributed by atoms with Gasteiger partial charge in [0.1, 0.15) is 0 Å². The number of hydrogen-bond donors (Lipinski definition) is 1. The third-order valence-electron chi connectivity index (χ3n) is 8.01. The van der Waals surface area contributed by atoms with E-state index in [1.807, 2.05) is 54.6 Å². The van der Waals surface area contributed by atoms with Crippen molar-refractivity contribution in [3.8, 4) is 0 Å². The van der Waals surface area contributed by atoms with Gasteiger partial charge in [0, 0.05) is 25.3 Å². The molecule has 4 rings (SSSR count). The lowest BCUT2D eigenvalue weighted by Crippen LogP contribution is -2.41. The average Bonchev–Trinajstić information content (AvgIpc) is 2.95. The van der Waals surface area contributed by atoms with Gasteiger partial charge in [-0.3, -0.25) is 14.4 Å². The standard InChI is InChI=1S/C32H41N3O4/c1-22(2)31(32(38)33-27-16-11-23(12-17-27)13-20-30(37)39-3)26-14-9-24(10-15-26)21-35-29(36)19-18-28(34-35)25-7-5-4-6-8-25/h4-10,14-15,22-23,27,31H,11-13,16-21H2,1-3H3,(H,33,38). The Kier molecular flexibility index (Phi) is 9.90. The molecule has 0 saturated heterocycles. The highest BCUT2D eigenvalue weighted by Crippen LogP contribution is 2.30. The highest BCUT2D eigenvalue weighted by Gasteiger charge is 2.29. The van der Waals surface area contributed by atoms with Gasteiger partial charge >= 0.3 is 5.97 Å². The highest BCUT2D eigenvalue weighted by atomic mass is 16.5. The van der Waals surface area contributed by atoms with Crippen molar-refractivity contribution in [1.82, 2.24) is 10.3 Å². The molecule has 1 fully saturated rings. The lowest BCUT2D eigenvalue weighted by Gasteiger charge is -2.31. The van der Waals surface area contributed by atoms with E-state index in [9.17, 15) is 14.4 Å². The minimum absolute atomic E-state index is 0.0261. The number of benzene rings is 2. The van der Waals surface area contributed by atoms with Gasteiger partial charge in [-0.25, -0.2) is 5.01 Å². The molecule has 39 heavy (non-hydrogen) atoms. The van der Waals surface area contributed by atoms with Crippen LogP contribution in [-0.2, 0) is 25.7 Å². The number of hydrogen-bond acceptors (Lipinski definition) is 5. The van der Waals surface area contributed by atoms with Gasteiger partial charge < -0.3 is 10.1 Å². The first-order chi connectivity index (χ1) is 18.8. The molecule has 0 spiro atoms. The maximum absolute atomic E-state index is 13.4. The number of methoxy groups -OCH3 is 1. The van der Waals surface area contributed by atoms with E-state index in [4.69, 9.17) is 4.74 Å². The minimum atomic E-state index is -0.240. The second kappa shape index (κ2) is 13.5. The van der Waals surface area contributed by atoms with Crippen LogP contribution in [0.3, 0.4) is 0 Å². The number of carbonyl (C=O) groups excluding carboxylic acids is 3. The molecule has 2 amide bonds. The van der Waals surface area contributed by atoms with Crippen LogP contribution < -0.4 is 5.32 Å². The molecule has 0 aromatic heterocycles. The Morgan fingerprint density at radius 3 is 2.33 bits per heavy atom. The maximum Gasteiger partial charge on any atom is 0.305 e. The number of esters is 1. The van der Waals surface area contributed by atoms with Crippen LogP contribution in [0.1, 0.15) is 87.8 Å². The van der Waals surface area contributed by atoms with E-state index in [-0.39, 0.29) is 35.7 Å². The second-order valence-electron chi connectivity index (χ2n) is 11.2. The number of carbonyl (C=O) groups is 3. The zero-order valence-electron chi connectivity index (χ0n) is 23.4. The Morgan fingerprint density at radius 1 is 1.00 bits per heavy atom. The summed E-state index contributed by atoms with van der Waals surface area (Å²) in [5, 5.41) is 9.52. The normalized spacial score (nSPS) is 20.4. The summed E-state index contributed by atoms with van der Waals surface area (Å²) in [7, 11) is 1.43. The van der Waals surface area contributed by atoms with Gasteiger partial charge in [0.25, 0.3) is 0 Å². The van der Waals surface area contributed by atoms with Crippen LogP contribution in [0.4, 0.5) is 0 Å². The Balaban J connectivity index is 1.34. The fourth-order valence-corrected chi connectivity index (χ4v) is 5.71. The van der Waals surface area contributed by atoms with Crippen molar-refractivity contribution >= 4 is 23.5 Å². The lowest BCUT2D eigenvalue weighted by atomic mass is 9.82. The van der Waals surface area contributed by atoms with Crippen LogP contribution in [-0.4, -0.2) is 41.7 Å². The summed E-state index contributed by atoms with van der Waals surface area (Å²) in [5.41, 5.74) is 3.95. The fourth-order valence-electron chi connectivity index (χ4n) is 5.71. The molecule has 1 heterocycles. The molecule has 1 aliphatic carbocycles. The summed E-state index contributed by atoms with van der Waals surface area (Å²) in [6.45, 7) is 4.56. The van der Waals surface area contributed by atoms with Gasteiger partial charge in [-0.05, 0) is 60.6 Å². The zero-order chi connectivity index (χ0) is 27.8. The van der Waals surface area contributed by atoms with Gasteiger partial charge in [0.2, 0.25) is 11.8 Å². The summed E-state index contributed by atoms with van der Waals surface area (Å²) in [4.78, 5) is 37.4. The quantitative estimate of drug-likeness (QED) is 0.406. The van der Waals surface area contributed by atoms with Gasteiger partial charge in [0.15, 0.2) is 0 Å². The summed E-state index contributed by atoms with van der Waals surface area (Å²) in [5.74, 6) is 0.371. The molecule has 1 aliphatic heterocycles. The fraction of sp³-hybridized carbons (Fsp3) is 0.500. The Hall–Kier alpha value is -3.48. The third kappa shape index (κ3) is 7.78. The second-order valence-corrected chi connectivity index (χ2v) is 11.2. The summed E-state index contributed by atoms with van der Waals surface area (Å²) < 4.78 is 4.76. The third-order valence-corrected chi connectivity index (χ3v) is 8.01. The zero-order valence-corrected chi connectivity index (χ0v) is 23.4. The molecule has 2 aliphatic rings. The number of nitrogens with zero attached hydrogens (tertiary/aromatic N) is 2. The molecule has 7 nitrogen and oxygen atoms in total. The molecular formula is C32H41N3O4. The molecule has 7 heteroatoms. The highest BCUT2D eigenvalue weighted by molar-refractivity contribution is 6.04. The molecule has 0 bridgehead atoms. The first-order valence-electron chi connectivity index (χ1n) is 14.2. The number of rotatable bonds is 10. The van der Waals surface area contributed by atoms with Crippen LogP contribution in [0.25, 0.3) is 0 Å². The average molecular weight is 532 g/mol. The predicted molar refractivity (Wildman–Crippen MR) is 152 cm³/mol. The molecule has 1 unspecified atom stereocenters. The maximum atomic E-state index is 13.4. The molecule has 1 atom stereocenters. The van der Waals surface area contributed by atoms with E-state index in [1.165, 1.54) is 7.11 Å². The van der Waals surface area contributed by atoms with Crippen LogP contribution in [0.5, 0.6) is 0 Å². The monoisotopic (exact) mass is 531 g/mol. The molecule has 1 N–H and O–H groups in total. The summed E-state index contributed by atoms with van der Waals surface area (Å²) >= 11 is 0. The van der Waals surface area contributed by atoms with Crippen LogP contribution in [0, 0.1) is 11.8 Å². The topological polar surface area (TPSA) is 88.1 Å². The van der Waals surface area contributed by atoms with Crippen LogP contribution in [0.2, 0.25) is 0 Å². The van der Waals surface area contributed by atoms with E-state index < -0.39 is 0 Å². The molecule has 208 valence electrons. The largest absolute Gasteiger partial charge is 0.469 e. The SMILES string of the molecule is COC(=O)CCC1CCC(NC(=O)C(c2ccc(CN3N=C(c4ccccc4)CCC3=O)cc2)C(C)C)CC1. The molecule has 2 aromatic carbocycles. The smallest absolute Gasteiger partial charge is 0.305 e. The first kappa shape index (κ1) is 28.5. The number of hydrazone groups is 1. The van der Waals surface area contributed by atoms with E-state index in [0.717, 1.165) is 54.5 Å². The van der Waals surface area contributed by atoms with E-state index >= 15 is 0 Å². The lowest BCUT2D eigenvalue weighted by molar-refractivity contribution is -0.141. The molecule has 1 saturated carbocycles. The van der Waals surface area contributed by atoms with Crippen molar-refractivity contribution in [1.29, 1.82) is 0 Å². The minimum Gasteiger partial charge on any atom is -0.469 e. The van der Waals surface area contributed by atoms with Crippen LogP contribution in [0.15, 0.2) is 59.7 Å². The van der Waals surface area contributed by atoms with Crippen molar-refractivity contribution in [3.05, 3.63) is 71.3 Å². The summed E-state index contributed by atoms with van der Waals surface area (Å²) in [6.07, 6.45) is 6.35. The van der Waals surface area contributed by atoms with Gasteiger partial charge in [0.05, 0.1) is 25.3 Å².